The molecule has 1 amide bonds. The van der Waals surface area contributed by atoms with Gasteiger partial charge in [0, 0.05) is 12.0 Å². The van der Waals surface area contributed by atoms with E-state index in [-0.39, 0.29) is 17.9 Å². The molecule has 1 aromatic rings. The Kier molecular flexibility index (Phi) is 3.84. The van der Waals surface area contributed by atoms with E-state index in [9.17, 15) is 4.79 Å². The summed E-state index contributed by atoms with van der Waals surface area (Å²) < 4.78 is 5.28. The molecule has 1 aromatic heterocycles. The molecule has 0 bridgehead atoms. The quantitative estimate of drug-likeness (QED) is 0.842. The molecule has 0 aromatic carbocycles. The Hall–Kier alpha value is -1.29. The highest BCUT2D eigenvalue weighted by Gasteiger charge is 2.26. The molecule has 0 spiro atoms. The van der Waals surface area contributed by atoms with Gasteiger partial charge in [-0.3, -0.25) is 4.79 Å². The molecule has 1 aliphatic rings. The minimum atomic E-state index is -0.0531. The zero-order valence-electron chi connectivity index (χ0n) is 10.4. The molecule has 0 aliphatic carbocycles. The summed E-state index contributed by atoms with van der Waals surface area (Å²) in [5.74, 6) is 1.08. The van der Waals surface area contributed by atoms with Gasteiger partial charge in [-0.15, -0.1) is 0 Å². The Bertz CT molecular complexity index is 362. The van der Waals surface area contributed by atoms with E-state index in [1.807, 2.05) is 19.1 Å². The molecule has 2 N–H and O–H groups in total. The van der Waals surface area contributed by atoms with Crippen LogP contribution in [-0.4, -0.2) is 18.5 Å². The van der Waals surface area contributed by atoms with Gasteiger partial charge in [0.1, 0.15) is 5.76 Å². The molecule has 4 nitrogen and oxygen atoms in total. The fraction of sp³-hybridized carbons (Fsp3) is 0.615. The van der Waals surface area contributed by atoms with Crippen molar-refractivity contribution in [1.82, 2.24) is 10.6 Å². The number of piperidine rings is 1. The van der Waals surface area contributed by atoms with Crippen LogP contribution in [0.5, 0.6) is 0 Å². The Morgan fingerprint density at radius 1 is 1.65 bits per heavy atom. The first-order chi connectivity index (χ1) is 8.16. The maximum atomic E-state index is 12.1. The van der Waals surface area contributed by atoms with Crippen LogP contribution >= 0.6 is 0 Å². The van der Waals surface area contributed by atoms with Crippen molar-refractivity contribution < 1.29 is 9.21 Å². The SMILES string of the molecule is CC1CC(C(=O)N[C@H](C)c2ccco2)CCN1. The van der Waals surface area contributed by atoms with E-state index in [1.165, 1.54) is 0 Å². The lowest BCUT2D eigenvalue weighted by Gasteiger charge is -2.27. The lowest BCUT2D eigenvalue weighted by Crippen LogP contribution is -2.42. The smallest absolute Gasteiger partial charge is 0.223 e. The Morgan fingerprint density at radius 3 is 3.12 bits per heavy atom. The summed E-state index contributed by atoms with van der Waals surface area (Å²) in [7, 11) is 0. The first-order valence-corrected chi connectivity index (χ1v) is 6.24. The molecule has 3 atom stereocenters. The van der Waals surface area contributed by atoms with Crippen LogP contribution in [0, 0.1) is 5.92 Å². The molecule has 2 rings (SSSR count). The van der Waals surface area contributed by atoms with Crippen LogP contribution in [0.2, 0.25) is 0 Å². The van der Waals surface area contributed by atoms with Gasteiger partial charge in [0.25, 0.3) is 0 Å². The molecule has 1 fully saturated rings. The summed E-state index contributed by atoms with van der Waals surface area (Å²) in [5.41, 5.74) is 0. The van der Waals surface area contributed by atoms with Gasteiger partial charge in [-0.1, -0.05) is 0 Å². The van der Waals surface area contributed by atoms with Crippen LogP contribution < -0.4 is 10.6 Å². The Balaban J connectivity index is 1.88. The summed E-state index contributed by atoms with van der Waals surface area (Å²) in [6, 6.07) is 4.10. The third kappa shape index (κ3) is 3.09. The van der Waals surface area contributed by atoms with Crippen molar-refractivity contribution in [2.75, 3.05) is 6.54 Å². The van der Waals surface area contributed by atoms with Crippen molar-refractivity contribution in [3.63, 3.8) is 0 Å². The summed E-state index contributed by atoms with van der Waals surface area (Å²) >= 11 is 0. The number of furan rings is 1. The van der Waals surface area contributed by atoms with Crippen molar-refractivity contribution >= 4 is 5.91 Å². The van der Waals surface area contributed by atoms with E-state index in [0.29, 0.717) is 6.04 Å². The molecule has 1 aliphatic heterocycles. The van der Waals surface area contributed by atoms with E-state index < -0.39 is 0 Å². The van der Waals surface area contributed by atoms with Gasteiger partial charge in [0.2, 0.25) is 5.91 Å². The van der Waals surface area contributed by atoms with E-state index in [4.69, 9.17) is 4.42 Å². The van der Waals surface area contributed by atoms with Crippen LogP contribution in [0.4, 0.5) is 0 Å². The second-order valence-corrected chi connectivity index (χ2v) is 4.82. The molecular formula is C13H20N2O2. The zero-order chi connectivity index (χ0) is 12.3. The highest BCUT2D eigenvalue weighted by molar-refractivity contribution is 5.79. The van der Waals surface area contributed by atoms with Crippen LogP contribution in [-0.2, 0) is 4.79 Å². The van der Waals surface area contributed by atoms with E-state index in [2.05, 4.69) is 17.6 Å². The molecule has 2 unspecified atom stereocenters. The number of rotatable bonds is 3. The fourth-order valence-electron chi connectivity index (χ4n) is 2.31. The average Bonchev–Trinajstić information content (AvgIpc) is 2.82. The number of hydrogen-bond donors (Lipinski definition) is 2. The molecule has 17 heavy (non-hydrogen) atoms. The topological polar surface area (TPSA) is 54.3 Å². The highest BCUT2D eigenvalue weighted by Crippen LogP contribution is 2.19. The lowest BCUT2D eigenvalue weighted by molar-refractivity contribution is -0.126. The van der Waals surface area contributed by atoms with Crippen molar-refractivity contribution in [3.8, 4) is 0 Å². The second-order valence-electron chi connectivity index (χ2n) is 4.82. The summed E-state index contributed by atoms with van der Waals surface area (Å²) in [6.45, 7) is 4.99. The molecule has 94 valence electrons. The number of hydrogen-bond acceptors (Lipinski definition) is 3. The number of amides is 1. The van der Waals surface area contributed by atoms with Crippen LogP contribution in [0.15, 0.2) is 22.8 Å². The lowest BCUT2D eigenvalue weighted by atomic mass is 9.92. The zero-order valence-corrected chi connectivity index (χ0v) is 10.4. The second kappa shape index (κ2) is 5.36. The summed E-state index contributed by atoms with van der Waals surface area (Å²) in [6.07, 6.45) is 3.46. The fourth-order valence-corrected chi connectivity index (χ4v) is 2.31. The van der Waals surface area contributed by atoms with Crippen molar-refractivity contribution in [2.45, 2.75) is 38.8 Å². The summed E-state index contributed by atoms with van der Waals surface area (Å²) in [5, 5.41) is 6.36. The average molecular weight is 236 g/mol. The van der Waals surface area contributed by atoms with Gasteiger partial charge >= 0.3 is 0 Å². The number of carbonyl (C=O) groups is 1. The largest absolute Gasteiger partial charge is 0.467 e. The van der Waals surface area contributed by atoms with E-state index in [0.717, 1.165) is 25.1 Å². The third-order valence-corrected chi connectivity index (χ3v) is 3.32. The van der Waals surface area contributed by atoms with Gasteiger partial charge in [0.15, 0.2) is 0 Å². The first-order valence-electron chi connectivity index (χ1n) is 6.24. The third-order valence-electron chi connectivity index (χ3n) is 3.32. The Morgan fingerprint density at radius 2 is 2.47 bits per heavy atom. The summed E-state index contributed by atoms with van der Waals surface area (Å²) in [4.78, 5) is 12.1. The highest BCUT2D eigenvalue weighted by atomic mass is 16.3. The minimum Gasteiger partial charge on any atom is -0.467 e. The van der Waals surface area contributed by atoms with Crippen LogP contribution in [0.3, 0.4) is 0 Å². The van der Waals surface area contributed by atoms with Gasteiger partial charge in [-0.25, -0.2) is 0 Å². The van der Waals surface area contributed by atoms with Gasteiger partial charge in [-0.05, 0) is 45.4 Å². The predicted molar refractivity (Wildman–Crippen MR) is 65.5 cm³/mol. The van der Waals surface area contributed by atoms with Crippen molar-refractivity contribution in [3.05, 3.63) is 24.2 Å². The maximum Gasteiger partial charge on any atom is 0.223 e. The monoisotopic (exact) mass is 236 g/mol. The number of carbonyl (C=O) groups excluding carboxylic acids is 1. The molecule has 0 radical (unpaired) electrons. The molecule has 4 heteroatoms. The van der Waals surface area contributed by atoms with Crippen molar-refractivity contribution in [2.24, 2.45) is 5.92 Å². The van der Waals surface area contributed by atoms with Crippen LogP contribution in [0.1, 0.15) is 38.5 Å². The minimum absolute atomic E-state index is 0.0531. The molecular weight excluding hydrogens is 216 g/mol. The molecule has 1 saturated heterocycles. The first kappa shape index (κ1) is 12.2. The number of nitrogens with one attached hydrogen (secondary N) is 2. The van der Waals surface area contributed by atoms with Crippen molar-refractivity contribution in [1.29, 1.82) is 0 Å². The standard InChI is InChI=1S/C13H20N2O2/c1-9-8-11(5-6-14-9)13(16)15-10(2)12-4-3-7-17-12/h3-4,7,9-11,14H,5-6,8H2,1-2H3,(H,15,16)/t9?,10-,11?/m1/s1. The van der Waals surface area contributed by atoms with Gasteiger partial charge in [0.05, 0.1) is 12.3 Å². The molecule has 0 saturated carbocycles. The van der Waals surface area contributed by atoms with Gasteiger partial charge in [-0.2, -0.15) is 0 Å². The predicted octanol–water partition coefficient (Wildman–Crippen LogP) is 1.84. The Labute approximate surface area is 102 Å². The van der Waals surface area contributed by atoms with Gasteiger partial charge < -0.3 is 15.1 Å². The maximum absolute atomic E-state index is 12.1. The van der Waals surface area contributed by atoms with E-state index in [1.54, 1.807) is 6.26 Å². The normalized spacial score (nSPS) is 26.5. The van der Waals surface area contributed by atoms with E-state index >= 15 is 0 Å². The van der Waals surface area contributed by atoms with Crippen LogP contribution in [0.25, 0.3) is 0 Å². The molecule has 2 heterocycles.